The molecule has 0 aromatic heterocycles. The second-order valence-electron chi connectivity index (χ2n) is 8.20. The van der Waals surface area contributed by atoms with E-state index in [2.05, 4.69) is 0 Å². The minimum atomic E-state index is -4.77. The monoisotopic (exact) mass is 458 g/mol. The van der Waals surface area contributed by atoms with Crippen LogP contribution < -0.4 is 0 Å². The van der Waals surface area contributed by atoms with Crippen molar-refractivity contribution in [2.24, 2.45) is 5.92 Å². The van der Waals surface area contributed by atoms with Crippen molar-refractivity contribution in [3.8, 4) is 6.07 Å². The van der Waals surface area contributed by atoms with Crippen molar-refractivity contribution >= 4 is 11.9 Å². The number of amides is 1. The Balaban J connectivity index is 1.50. The molecule has 2 aliphatic rings. The van der Waals surface area contributed by atoms with Gasteiger partial charge in [0.25, 0.3) is 0 Å². The summed E-state index contributed by atoms with van der Waals surface area (Å²) in [4.78, 5) is 27.5. The zero-order valence-corrected chi connectivity index (χ0v) is 17.5. The number of ether oxygens (including phenoxy) is 2. The lowest BCUT2D eigenvalue weighted by Crippen LogP contribution is -2.60. The fourth-order valence-electron chi connectivity index (χ4n) is 4.50. The highest BCUT2D eigenvalue weighted by Gasteiger charge is 2.46. The third-order valence-corrected chi connectivity index (χ3v) is 6.03. The average Bonchev–Trinajstić information content (AvgIpc) is 2.81. The summed E-state index contributed by atoms with van der Waals surface area (Å²) in [5.41, 5.74) is -0.902. The first-order valence-corrected chi connectivity index (χ1v) is 10.5. The van der Waals surface area contributed by atoms with E-state index in [-0.39, 0.29) is 38.2 Å². The van der Waals surface area contributed by atoms with Crippen LogP contribution in [0.2, 0.25) is 0 Å². The fraction of sp³-hybridized carbons (Fsp3) is 0.375. The Morgan fingerprint density at radius 3 is 2.36 bits per heavy atom. The first kappa shape index (κ1) is 22.8. The standard InChI is InChI=1S/C24H21F3N2O4/c25-24(26,27)21-8-16(11-28)6-7-20(21)22(30)17-9-18-13-32-14-19(10-17)29(18)23(31)33-12-15-4-2-1-3-5-15/h1-8,17-19H,9-10,12-14H2. The quantitative estimate of drug-likeness (QED) is 0.627. The lowest BCUT2D eigenvalue weighted by atomic mass is 9.80. The Kier molecular flexibility index (Phi) is 6.38. The summed E-state index contributed by atoms with van der Waals surface area (Å²) in [7, 11) is 0. The molecule has 0 N–H and O–H groups in total. The fourth-order valence-corrected chi connectivity index (χ4v) is 4.50. The van der Waals surface area contributed by atoms with Gasteiger partial charge < -0.3 is 9.47 Å². The van der Waals surface area contributed by atoms with Crippen LogP contribution in [0, 0.1) is 17.2 Å². The number of nitriles is 1. The molecule has 9 heteroatoms. The predicted octanol–water partition coefficient (Wildman–Crippen LogP) is 4.58. The molecule has 2 aromatic carbocycles. The van der Waals surface area contributed by atoms with Gasteiger partial charge in [-0.2, -0.15) is 18.4 Å². The van der Waals surface area contributed by atoms with Crippen LogP contribution in [0.3, 0.4) is 0 Å². The number of carbonyl (C=O) groups is 2. The van der Waals surface area contributed by atoms with Crippen LogP contribution >= 0.6 is 0 Å². The largest absolute Gasteiger partial charge is 0.445 e. The zero-order valence-electron chi connectivity index (χ0n) is 17.5. The first-order chi connectivity index (χ1) is 15.8. The molecule has 2 aromatic rings. The summed E-state index contributed by atoms with van der Waals surface area (Å²) in [6.45, 7) is 0.458. The number of alkyl halides is 3. The maximum atomic E-state index is 13.6. The Bertz CT molecular complexity index is 1070. The highest BCUT2D eigenvalue weighted by atomic mass is 19.4. The highest BCUT2D eigenvalue weighted by Crippen LogP contribution is 2.38. The van der Waals surface area contributed by atoms with Gasteiger partial charge in [-0.25, -0.2) is 4.79 Å². The van der Waals surface area contributed by atoms with Crippen molar-refractivity contribution in [2.75, 3.05) is 13.2 Å². The molecule has 2 unspecified atom stereocenters. The van der Waals surface area contributed by atoms with Crippen LogP contribution in [0.5, 0.6) is 0 Å². The smallest absolute Gasteiger partial charge is 0.417 e. The van der Waals surface area contributed by atoms with Crippen LogP contribution in [0.25, 0.3) is 0 Å². The van der Waals surface area contributed by atoms with Gasteiger partial charge in [0.05, 0.1) is 42.5 Å². The summed E-state index contributed by atoms with van der Waals surface area (Å²) >= 11 is 0. The number of morpholine rings is 1. The van der Waals surface area contributed by atoms with Gasteiger partial charge in [-0.05, 0) is 36.6 Å². The summed E-state index contributed by atoms with van der Waals surface area (Å²) in [6.07, 6.45) is -4.95. The molecule has 2 bridgehead atoms. The van der Waals surface area contributed by atoms with Crippen LogP contribution in [0.15, 0.2) is 48.5 Å². The van der Waals surface area contributed by atoms with Crippen LogP contribution in [-0.4, -0.2) is 42.1 Å². The second kappa shape index (κ2) is 9.24. The van der Waals surface area contributed by atoms with E-state index in [0.717, 1.165) is 11.6 Å². The third-order valence-electron chi connectivity index (χ3n) is 6.03. The first-order valence-electron chi connectivity index (χ1n) is 10.5. The molecule has 0 aliphatic carbocycles. The van der Waals surface area contributed by atoms with E-state index in [1.54, 1.807) is 11.0 Å². The van der Waals surface area contributed by atoms with Crippen molar-refractivity contribution < 1.29 is 32.2 Å². The van der Waals surface area contributed by atoms with Gasteiger partial charge in [0.2, 0.25) is 0 Å². The van der Waals surface area contributed by atoms with Gasteiger partial charge in [0, 0.05) is 11.5 Å². The van der Waals surface area contributed by atoms with Gasteiger partial charge in [-0.3, -0.25) is 9.69 Å². The highest BCUT2D eigenvalue weighted by molar-refractivity contribution is 5.99. The molecule has 2 heterocycles. The minimum absolute atomic E-state index is 0.0962. The molecule has 0 saturated carbocycles. The topological polar surface area (TPSA) is 79.6 Å². The summed E-state index contributed by atoms with van der Waals surface area (Å²) in [5, 5.41) is 8.95. The molecule has 2 saturated heterocycles. The molecule has 4 rings (SSSR count). The second-order valence-corrected chi connectivity index (χ2v) is 8.20. The lowest BCUT2D eigenvalue weighted by Gasteiger charge is -2.47. The van der Waals surface area contributed by atoms with E-state index in [4.69, 9.17) is 14.7 Å². The molecular formula is C24H21F3N2O4. The number of hydrogen-bond donors (Lipinski definition) is 0. The number of piperidine rings is 1. The molecule has 1 amide bonds. The molecule has 0 spiro atoms. The van der Waals surface area contributed by atoms with Gasteiger partial charge in [-0.15, -0.1) is 0 Å². The van der Waals surface area contributed by atoms with Crippen LogP contribution in [0.4, 0.5) is 18.0 Å². The normalized spacial score (nSPS) is 22.4. The number of rotatable bonds is 4. The van der Waals surface area contributed by atoms with E-state index >= 15 is 0 Å². The number of Topliss-reactive ketones (excluding diaryl/α,β-unsaturated/α-hetero) is 1. The summed E-state index contributed by atoms with van der Waals surface area (Å²) in [5.74, 6) is -1.34. The Labute approximate surface area is 188 Å². The van der Waals surface area contributed by atoms with E-state index in [1.807, 2.05) is 30.3 Å². The van der Waals surface area contributed by atoms with Crippen molar-refractivity contribution in [2.45, 2.75) is 37.7 Å². The van der Waals surface area contributed by atoms with Crippen molar-refractivity contribution in [3.63, 3.8) is 0 Å². The number of halogens is 3. The van der Waals surface area contributed by atoms with Crippen molar-refractivity contribution in [1.29, 1.82) is 5.26 Å². The number of hydrogen-bond acceptors (Lipinski definition) is 5. The third kappa shape index (κ3) is 4.86. The average molecular weight is 458 g/mol. The number of ketones is 1. The predicted molar refractivity (Wildman–Crippen MR) is 110 cm³/mol. The maximum Gasteiger partial charge on any atom is 0.417 e. The molecule has 6 nitrogen and oxygen atoms in total. The molecule has 33 heavy (non-hydrogen) atoms. The van der Waals surface area contributed by atoms with Crippen molar-refractivity contribution in [1.82, 2.24) is 4.90 Å². The summed E-state index contributed by atoms with van der Waals surface area (Å²) < 4.78 is 51.7. The van der Waals surface area contributed by atoms with E-state index in [0.29, 0.717) is 6.07 Å². The van der Waals surface area contributed by atoms with Gasteiger partial charge in [0.1, 0.15) is 6.61 Å². The SMILES string of the molecule is N#Cc1ccc(C(=O)C2CC3COCC(C2)N3C(=O)OCc2ccccc2)c(C(F)(F)F)c1. The van der Waals surface area contributed by atoms with Crippen molar-refractivity contribution in [3.05, 3.63) is 70.8 Å². The Morgan fingerprint density at radius 2 is 1.76 bits per heavy atom. The molecule has 2 aliphatic heterocycles. The van der Waals surface area contributed by atoms with Gasteiger partial charge in [0.15, 0.2) is 5.78 Å². The summed E-state index contributed by atoms with van der Waals surface area (Å²) in [6, 6.07) is 12.9. The van der Waals surface area contributed by atoms with Crippen LogP contribution in [-0.2, 0) is 22.3 Å². The van der Waals surface area contributed by atoms with Crippen LogP contribution in [0.1, 0.15) is 39.9 Å². The zero-order chi connectivity index (χ0) is 23.6. The molecule has 2 atom stereocenters. The van der Waals surface area contributed by atoms with Gasteiger partial charge in [-0.1, -0.05) is 30.3 Å². The van der Waals surface area contributed by atoms with E-state index in [1.165, 1.54) is 6.07 Å². The molecule has 0 radical (unpaired) electrons. The number of carbonyl (C=O) groups excluding carboxylic acids is 2. The molecule has 2 fully saturated rings. The number of nitrogens with zero attached hydrogens (tertiary/aromatic N) is 2. The number of fused-ring (bicyclic) bond motifs is 2. The molecular weight excluding hydrogens is 437 g/mol. The molecule has 172 valence electrons. The minimum Gasteiger partial charge on any atom is -0.445 e. The van der Waals surface area contributed by atoms with Gasteiger partial charge >= 0.3 is 12.3 Å². The maximum absolute atomic E-state index is 13.6. The lowest BCUT2D eigenvalue weighted by molar-refractivity contribution is -0.138. The Morgan fingerprint density at radius 1 is 1.09 bits per heavy atom. The van der Waals surface area contributed by atoms with E-state index in [9.17, 15) is 22.8 Å². The van der Waals surface area contributed by atoms with E-state index < -0.39 is 47.2 Å². The number of benzene rings is 2. The Hall–Kier alpha value is -3.38.